The van der Waals surface area contributed by atoms with Crippen LogP contribution in [0.5, 0.6) is 0 Å². The summed E-state index contributed by atoms with van der Waals surface area (Å²) in [7, 11) is 1.83. The Kier molecular flexibility index (Phi) is 5.86. The second kappa shape index (κ2) is 7.17. The van der Waals surface area contributed by atoms with Crippen LogP contribution >= 0.6 is 0 Å². The summed E-state index contributed by atoms with van der Waals surface area (Å²) in [6.45, 7) is 7.64. The molecule has 100 valence electrons. The number of likely N-dealkylation sites (N-methyl/N-ethyl adjacent to an activating group) is 1. The van der Waals surface area contributed by atoms with Gasteiger partial charge in [-0.25, -0.2) is 0 Å². The average Bonchev–Trinajstić information content (AvgIpc) is 2.43. The Balaban J connectivity index is 2.43. The van der Waals surface area contributed by atoms with Gasteiger partial charge in [0.1, 0.15) is 0 Å². The van der Waals surface area contributed by atoms with E-state index in [4.69, 9.17) is 0 Å². The Bertz CT molecular complexity index is 364. The minimum absolute atomic E-state index is 0.124. The van der Waals surface area contributed by atoms with Gasteiger partial charge in [0.25, 0.3) is 0 Å². The van der Waals surface area contributed by atoms with E-state index >= 15 is 0 Å². The first-order valence-electron chi connectivity index (χ1n) is 6.59. The van der Waals surface area contributed by atoms with E-state index in [1.165, 1.54) is 5.56 Å². The van der Waals surface area contributed by atoms with Crippen LogP contribution in [0, 0.1) is 0 Å². The van der Waals surface area contributed by atoms with E-state index in [0.717, 1.165) is 13.1 Å². The topological polar surface area (TPSA) is 32.3 Å². The van der Waals surface area contributed by atoms with Gasteiger partial charge in [0.05, 0.1) is 6.04 Å². The van der Waals surface area contributed by atoms with E-state index in [0.29, 0.717) is 5.92 Å². The van der Waals surface area contributed by atoms with Crippen molar-refractivity contribution in [3.05, 3.63) is 35.9 Å². The fourth-order valence-electron chi connectivity index (χ4n) is 1.83. The lowest BCUT2D eigenvalue weighted by Gasteiger charge is -2.22. The monoisotopic (exact) mass is 248 g/mol. The Morgan fingerprint density at radius 3 is 2.44 bits per heavy atom. The summed E-state index contributed by atoms with van der Waals surface area (Å²) in [5, 5.41) is 3.30. The number of hydrogen-bond acceptors (Lipinski definition) is 2. The molecule has 3 heteroatoms. The number of carbonyl (C=O) groups is 1. The normalized spacial score (nSPS) is 14.0. The van der Waals surface area contributed by atoms with Crippen molar-refractivity contribution in [1.82, 2.24) is 10.2 Å². The third-order valence-electron chi connectivity index (χ3n) is 3.32. The Morgan fingerprint density at radius 1 is 1.28 bits per heavy atom. The molecule has 3 nitrogen and oxygen atoms in total. The van der Waals surface area contributed by atoms with E-state index < -0.39 is 0 Å². The molecule has 0 saturated heterocycles. The van der Waals surface area contributed by atoms with Gasteiger partial charge in [0.2, 0.25) is 5.91 Å². The second-order valence-corrected chi connectivity index (χ2v) is 4.79. The summed E-state index contributed by atoms with van der Waals surface area (Å²) in [5.74, 6) is 0.561. The first kappa shape index (κ1) is 14.7. The fraction of sp³-hybridized carbons (Fsp3) is 0.533. The zero-order valence-corrected chi connectivity index (χ0v) is 11.8. The number of benzene rings is 1. The van der Waals surface area contributed by atoms with Gasteiger partial charge >= 0.3 is 0 Å². The van der Waals surface area contributed by atoms with Crippen molar-refractivity contribution in [3.63, 3.8) is 0 Å². The van der Waals surface area contributed by atoms with Crippen molar-refractivity contribution in [3.8, 4) is 0 Å². The van der Waals surface area contributed by atoms with Crippen LogP contribution in [0.4, 0.5) is 0 Å². The van der Waals surface area contributed by atoms with E-state index in [1.54, 1.807) is 4.90 Å². The smallest absolute Gasteiger partial charge is 0.239 e. The van der Waals surface area contributed by atoms with Crippen molar-refractivity contribution in [2.75, 3.05) is 20.1 Å². The number of nitrogens with zero attached hydrogens (tertiary/aromatic N) is 1. The lowest BCUT2D eigenvalue weighted by atomic mass is 10.0. The van der Waals surface area contributed by atoms with Crippen molar-refractivity contribution in [2.45, 2.75) is 32.7 Å². The SMILES string of the molecule is CCN(C)C(=O)C(C)NCC(C)c1ccccc1. The van der Waals surface area contributed by atoms with Gasteiger partial charge in [0, 0.05) is 20.1 Å². The molecule has 0 bridgehead atoms. The minimum atomic E-state index is -0.124. The van der Waals surface area contributed by atoms with E-state index in [2.05, 4.69) is 24.4 Å². The molecule has 0 radical (unpaired) electrons. The molecule has 0 aliphatic heterocycles. The maximum absolute atomic E-state index is 11.9. The number of nitrogens with one attached hydrogen (secondary N) is 1. The zero-order valence-electron chi connectivity index (χ0n) is 11.8. The van der Waals surface area contributed by atoms with Crippen LogP contribution in [0.3, 0.4) is 0 Å². The van der Waals surface area contributed by atoms with E-state index in [1.807, 2.05) is 39.1 Å². The fourth-order valence-corrected chi connectivity index (χ4v) is 1.83. The van der Waals surface area contributed by atoms with Gasteiger partial charge in [-0.15, -0.1) is 0 Å². The highest BCUT2D eigenvalue weighted by Crippen LogP contribution is 2.13. The number of carbonyl (C=O) groups excluding carboxylic acids is 1. The standard InChI is InChI=1S/C15H24N2O/c1-5-17(4)15(18)13(3)16-11-12(2)14-9-7-6-8-10-14/h6-10,12-13,16H,5,11H2,1-4H3. The molecule has 0 aromatic heterocycles. The van der Waals surface area contributed by atoms with Crippen LogP contribution in [-0.2, 0) is 4.79 Å². The maximum atomic E-state index is 11.9. The molecule has 0 fully saturated rings. The largest absolute Gasteiger partial charge is 0.345 e. The van der Waals surface area contributed by atoms with Crippen LogP contribution in [0.1, 0.15) is 32.3 Å². The number of hydrogen-bond donors (Lipinski definition) is 1. The lowest BCUT2D eigenvalue weighted by Crippen LogP contribution is -2.44. The number of amides is 1. The van der Waals surface area contributed by atoms with Crippen molar-refractivity contribution in [1.29, 1.82) is 0 Å². The van der Waals surface area contributed by atoms with Gasteiger partial charge in [-0.05, 0) is 25.3 Å². The predicted octanol–water partition coefficient (Wildman–Crippen LogP) is 2.25. The first-order chi connectivity index (χ1) is 8.56. The highest BCUT2D eigenvalue weighted by Gasteiger charge is 2.16. The average molecular weight is 248 g/mol. The molecule has 2 atom stereocenters. The quantitative estimate of drug-likeness (QED) is 0.837. The Labute approximate surface area is 110 Å². The molecule has 18 heavy (non-hydrogen) atoms. The van der Waals surface area contributed by atoms with Gasteiger partial charge in [-0.3, -0.25) is 4.79 Å². The van der Waals surface area contributed by atoms with Gasteiger partial charge in [0.15, 0.2) is 0 Å². The first-order valence-corrected chi connectivity index (χ1v) is 6.59. The van der Waals surface area contributed by atoms with Crippen molar-refractivity contribution < 1.29 is 4.79 Å². The molecule has 0 aliphatic carbocycles. The summed E-state index contributed by atoms with van der Waals surface area (Å²) < 4.78 is 0. The lowest BCUT2D eigenvalue weighted by molar-refractivity contribution is -0.131. The second-order valence-electron chi connectivity index (χ2n) is 4.79. The molecule has 1 aromatic rings. The van der Waals surface area contributed by atoms with E-state index in [9.17, 15) is 4.79 Å². The number of rotatable bonds is 6. The maximum Gasteiger partial charge on any atom is 0.239 e. The third kappa shape index (κ3) is 4.15. The molecule has 2 unspecified atom stereocenters. The molecular formula is C15H24N2O. The molecule has 0 heterocycles. The summed E-state index contributed by atoms with van der Waals surface area (Å²) in [6.07, 6.45) is 0. The third-order valence-corrected chi connectivity index (χ3v) is 3.32. The van der Waals surface area contributed by atoms with Gasteiger partial charge < -0.3 is 10.2 Å². The molecule has 0 saturated carbocycles. The summed E-state index contributed by atoms with van der Waals surface area (Å²) in [5.41, 5.74) is 1.30. The van der Waals surface area contributed by atoms with Crippen molar-refractivity contribution >= 4 is 5.91 Å². The molecule has 1 N–H and O–H groups in total. The predicted molar refractivity (Wildman–Crippen MR) is 75.6 cm³/mol. The van der Waals surface area contributed by atoms with Crippen LogP contribution in [0.15, 0.2) is 30.3 Å². The summed E-state index contributed by atoms with van der Waals surface area (Å²) in [6, 6.07) is 10.2. The molecular weight excluding hydrogens is 224 g/mol. The van der Waals surface area contributed by atoms with Crippen molar-refractivity contribution in [2.24, 2.45) is 0 Å². The van der Waals surface area contributed by atoms with E-state index in [-0.39, 0.29) is 11.9 Å². The molecule has 0 spiro atoms. The highest BCUT2D eigenvalue weighted by molar-refractivity contribution is 5.81. The van der Waals surface area contributed by atoms with Gasteiger partial charge in [-0.2, -0.15) is 0 Å². The molecule has 1 aromatic carbocycles. The summed E-state index contributed by atoms with van der Waals surface area (Å²) >= 11 is 0. The zero-order chi connectivity index (χ0) is 13.5. The Hall–Kier alpha value is -1.35. The van der Waals surface area contributed by atoms with Gasteiger partial charge in [-0.1, -0.05) is 37.3 Å². The van der Waals surface area contributed by atoms with Crippen LogP contribution < -0.4 is 5.32 Å². The minimum Gasteiger partial charge on any atom is -0.345 e. The summed E-state index contributed by atoms with van der Waals surface area (Å²) in [4.78, 5) is 13.6. The molecule has 1 amide bonds. The van der Waals surface area contributed by atoms with Crippen LogP contribution in [0.25, 0.3) is 0 Å². The Morgan fingerprint density at radius 2 is 1.89 bits per heavy atom. The molecule has 0 aliphatic rings. The van der Waals surface area contributed by atoms with Crippen LogP contribution in [-0.4, -0.2) is 37.0 Å². The molecule has 1 rings (SSSR count). The van der Waals surface area contributed by atoms with Crippen LogP contribution in [0.2, 0.25) is 0 Å². The highest BCUT2D eigenvalue weighted by atomic mass is 16.2.